The molecule has 0 radical (unpaired) electrons. The molecule has 0 spiro atoms. The lowest BCUT2D eigenvalue weighted by Crippen LogP contribution is -2.54. The maximum Gasteiger partial charge on any atom is 0.276 e. The highest BCUT2D eigenvalue weighted by molar-refractivity contribution is 5.99. The molecule has 1 aromatic heterocycles. The molecular formula is C22H42N8O4. The van der Waals surface area contributed by atoms with Crippen LogP contribution in [0.25, 0.3) is 0 Å². The average molecular weight is 483 g/mol. The van der Waals surface area contributed by atoms with E-state index in [-0.39, 0.29) is 30.6 Å². The number of rotatable bonds is 17. The maximum absolute atomic E-state index is 12.6. The number of amides is 1. The van der Waals surface area contributed by atoms with Gasteiger partial charge in [-0.1, -0.05) is 0 Å². The summed E-state index contributed by atoms with van der Waals surface area (Å²) in [5, 5.41) is 16.5. The molecule has 2 aliphatic rings. The number of hydrogen-bond donors (Lipinski definition) is 6. The Balaban J connectivity index is 1.36. The topological polar surface area (TPSA) is 149 Å². The number of imidazole rings is 1. The molecule has 0 saturated carbocycles. The number of nitrogens with two attached hydrogens (primary N) is 1. The Bertz CT molecular complexity index is 734. The summed E-state index contributed by atoms with van der Waals surface area (Å²) >= 11 is 0. The molecule has 3 heterocycles. The molecule has 1 saturated heterocycles. The smallest absolute Gasteiger partial charge is 0.276 e. The molecule has 1 aromatic rings. The first-order valence-corrected chi connectivity index (χ1v) is 12.3. The molecule has 1 amide bonds. The second kappa shape index (κ2) is 14.6. The summed E-state index contributed by atoms with van der Waals surface area (Å²) in [5.74, 6) is 0.440. The van der Waals surface area contributed by atoms with E-state index in [1.807, 2.05) is 4.57 Å². The van der Waals surface area contributed by atoms with Crippen LogP contribution in [0.15, 0.2) is 6.33 Å². The summed E-state index contributed by atoms with van der Waals surface area (Å²) < 4.78 is 18.8. The summed E-state index contributed by atoms with van der Waals surface area (Å²) in [4.78, 5) is 16.8. The number of carbonyl (C=O) groups excluding carboxylic acids is 1. The van der Waals surface area contributed by atoms with Crippen molar-refractivity contribution in [1.82, 2.24) is 30.8 Å². The lowest BCUT2D eigenvalue weighted by atomic mass is 10.2. The Morgan fingerprint density at radius 2 is 1.85 bits per heavy atom. The summed E-state index contributed by atoms with van der Waals surface area (Å²) in [5.41, 5.74) is 5.84. The minimum atomic E-state index is -0.371. The number of unbranched alkanes of at least 4 members (excludes halogenated alkanes) is 1. The number of methoxy groups -OCH3 is 2. The van der Waals surface area contributed by atoms with Crippen molar-refractivity contribution < 1.29 is 19.0 Å². The number of carbonyl (C=O) groups is 1. The number of aromatic nitrogens is 2. The van der Waals surface area contributed by atoms with Crippen LogP contribution >= 0.6 is 0 Å². The number of anilines is 1. The van der Waals surface area contributed by atoms with Gasteiger partial charge in [0.1, 0.15) is 18.1 Å². The second-order valence-electron chi connectivity index (χ2n) is 8.65. The molecule has 194 valence electrons. The van der Waals surface area contributed by atoms with E-state index in [9.17, 15) is 4.79 Å². The molecule has 1 unspecified atom stereocenters. The van der Waals surface area contributed by atoms with E-state index in [2.05, 4.69) is 31.6 Å². The molecule has 0 aliphatic carbocycles. The van der Waals surface area contributed by atoms with E-state index in [1.165, 1.54) is 0 Å². The average Bonchev–Trinajstić information content (AvgIpc) is 3.44. The third kappa shape index (κ3) is 7.60. The van der Waals surface area contributed by atoms with E-state index in [4.69, 9.17) is 19.9 Å². The minimum absolute atomic E-state index is 0.0748. The van der Waals surface area contributed by atoms with Gasteiger partial charge in [0.05, 0.1) is 19.0 Å². The zero-order chi connectivity index (χ0) is 24.2. The molecule has 0 bridgehead atoms. The first-order valence-electron chi connectivity index (χ1n) is 12.3. The summed E-state index contributed by atoms with van der Waals surface area (Å²) in [6.45, 7) is 5.92. The molecule has 1 fully saturated rings. The van der Waals surface area contributed by atoms with E-state index in [1.54, 1.807) is 20.5 Å². The van der Waals surface area contributed by atoms with Crippen molar-refractivity contribution in [2.75, 3.05) is 65.4 Å². The van der Waals surface area contributed by atoms with Crippen LogP contribution in [0.5, 0.6) is 0 Å². The molecule has 12 nitrogen and oxygen atoms in total. The number of ether oxygens (including phenoxy) is 3. The van der Waals surface area contributed by atoms with E-state index < -0.39 is 0 Å². The Morgan fingerprint density at radius 3 is 2.56 bits per heavy atom. The fourth-order valence-electron chi connectivity index (χ4n) is 4.23. The van der Waals surface area contributed by atoms with Gasteiger partial charge in [0.15, 0.2) is 12.0 Å². The third-order valence-electron chi connectivity index (χ3n) is 6.08. The lowest BCUT2D eigenvalue weighted by molar-refractivity contribution is -0.0602. The summed E-state index contributed by atoms with van der Waals surface area (Å²) in [7, 11) is 3.31. The van der Waals surface area contributed by atoms with Crippen LogP contribution in [0, 0.1) is 0 Å². The fraction of sp³-hybridized carbons (Fsp3) is 0.818. The van der Waals surface area contributed by atoms with Gasteiger partial charge >= 0.3 is 0 Å². The van der Waals surface area contributed by atoms with Gasteiger partial charge in [-0.25, -0.2) is 4.98 Å². The maximum atomic E-state index is 12.6. The van der Waals surface area contributed by atoms with Gasteiger partial charge in [-0.05, 0) is 65.0 Å². The largest absolute Gasteiger partial charge is 0.382 e. The SMILES string of the molecule is COC[C@H]1O[C@@H](n2cnc3c2NC(NCCCNCCCCNCCCN)NC3=O)C[C@H]1OC. The van der Waals surface area contributed by atoms with Gasteiger partial charge in [0.25, 0.3) is 5.91 Å². The highest BCUT2D eigenvalue weighted by Gasteiger charge is 2.39. The molecular weight excluding hydrogens is 440 g/mol. The molecule has 12 heteroatoms. The normalized spacial score (nSPS) is 24.1. The molecule has 34 heavy (non-hydrogen) atoms. The highest BCUT2D eigenvalue weighted by Crippen LogP contribution is 2.34. The molecule has 0 aromatic carbocycles. The minimum Gasteiger partial charge on any atom is -0.382 e. The number of hydrogen-bond acceptors (Lipinski definition) is 10. The third-order valence-corrected chi connectivity index (χ3v) is 6.08. The van der Waals surface area contributed by atoms with Gasteiger partial charge in [-0.2, -0.15) is 0 Å². The van der Waals surface area contributed by atoms with Gasteiger partial charge in [0, 0.05) is 20.6 Å². The molecule has 3 rings (SSSR count). The standard InChI is InChI=1S/C22H42N8O4/c1-32-14-17-16(33-2)13-18(34-17)30-15-27-19-20(30)28-22(29-21(19)31)26-12-6-11-25-9-4-3-8-24-10-5-7-23/h15-18,22,24-26,28H,3-14,23H2,1-2H3,(H,29,31)/t16-,17-,18-,22?/m1/s1. The van der Waals surface area contributed by atoms with Gasteiger partial charge in [-0.15, -0.1) is 0 Å². The number of fused-ring (bicyclic) bond motifs is 1. The Labute approximate surface area is 202 Å². The summed E-state index contributed by atoms with van der Waals surface area (Å²) in [6.07, 6.45) is 5.70. The quantitative estimate of drug-likeness (QED) is 0.161. The monoisotopic (exact) mass is 482 g/mol. The second-order valence-corrected chi connectivity index (χ2v) is 8.65. The predicted octanol–water partition coefficient (Wildman–Crippen LogP) is -0.441. The van der Waals surface area contributed by atoms with E-state index in [0.29, 0.717) is 24.5 Å². The first-order chi connectivity index (χ1) is 16.7. The van der Waals surface area contributed by atoms with Gasteiger partial charge in [0.2, 0.25) is 0 Å². The first kappa shape index (κ1) is 26.8. The van der Waals surface area contributed by atoms with E-state index >= 15 is 0 Å². The van der Waals surface area contributed by atoms with Gasteiger partial charge < -0.3 is 41.2 Å². The van der Waals surface area contributed by atoms with Crippen LogP contribution in [0.3, 0.4) is 0 Å². The molecule has 7 N–H and O–H groups in total. The van der Waals surface area contributed by atoms with Crippen molar-refractivity contribution in [2.24, 2.45) is 5.73 Å². The van der Waals surface area contributed by atoms with Crippen molar-refractivity contribution in [3.05, 3.63) is 12.0 Å². The van der Waals surface area contributed by atoms with Crippen LogP contribution < -0.4 is 32.3 Å². The Hall–Kier alpha value is -1.80. The zero-order valence-corrected chi connectivity index (χ0v) is 20.5. The van der Waals surface area contributed by atoms with E-state index in [0.717, 1.165) is 65.0 Å². The van der Waals surface area contributed by atoms with Gasteiger partial charge in [-0.3, -0.25) is 14.7 Å². The predicted molar refractivity (Wildman–Crippen MR) is 130 cm³/mol. The zero-order valence-electron chi connectivity index (χ0n) is 20.5. The van der Waals surface area contributed by atoms with Crippen LogP contribution in [0.1, 0.15) is 48.8 Å². The fourth-order valence-corrected chi connectivity index (χ4v) is 4.23. The Morgan fingerprint density at radius 1 is 1.12 bits per heavy atom. The van der Waals surface area contributed by atoms with Crippen LogP contribution in [-0.4, -0.2) is 94.1 Å². The lowest BCUT2D eigenvalue weighted by Gasteiger charge is -2.28. The number of nitrogens with zero attached hydrogens (tertiary/aromatic N) is 2. The van der Waals surface area contributed by atoms with Crippen molar-refractivity contribution in [1.29, 1.82) is 0 Å². The number of nitrogens with one attached hydrogen (secondary N) is 5. The van der Waals surface area contributed by atoms with Crippen molar-refractivity contribution in [3.8, 4) is 0 Å². The van der Waals surface area contributed by atoms with Crippen molar-refractivity contribution in [2.45, 2.75) is 56.8 Å². The highest BCUT2D eigenvalue weighted by atomic mass is 16.6. The van der Waals surface area contributed by atoms with Crippen LogP contribution in [-0.2, 0) is 14.2 Å². The molecule has 2 aliphatic heterocycles. The molecule has 4 atom stereocenters. The van der Waals surface area contributed by atoms with Crippen LogP contribution in [0.2, 0.25) is 0 Å². The van der Waals surface area contributed by atoms with Crippen molar-refractivity contribution >= 4 is 11.7 Å². The Kier molecular flexibility index (Phi) is 11.5. The van der Waals surface area contributed by atoms with Crippen LogP contribution in [0.4, 0.5) is 5.82 Å². The summed E-state index contributed by atoms with van der Waals surface area (Å²) in [6, 6.07) is 0. The van der Waals surface area contributed by atoms with Crippen molar-refractivity contribution in [3.63, 3.8) is 0 Å².